The summed E-state index contributed by atoms with van der Waals surface area (Å²) in [4.78, 5) is 26.3. The van der Waals surface area contributed by atoms with Gasteiger partial charge in [-0.15, -0.1) is 0 Å². The van der Waals surface area contributed by atoms with Crippen LogP contribution in [0.3, 0.4) is 0 Å². The van der Waals surface area contributed by atoms with Crippen LogP contribution in [-0.2, 0) is 4.79 Å². The molecule has 1 aromatic carbocycles. The Labute approximate surface area is 134 Å². The Kier molecular flexibility index (Phi) is 3.41. The Bertz CT molecular complexity index is 734. The smallest absolute Gasteiger partial charge is 0.251 e. The second kappa shape index (κ2) is 5.57. The van der Waals surface area contributed by atoms with Crippen molar-refractivity contribution in [1.82, 2.24) is 10.2 Å². The summed E-state index contributed by atoms with van der Waals surface area (Å²) in [5.74, 6) is 0.0238. The molecule has 1 aliphatic carbocycles. The summed E-state index contributed by atoms with van der Waals surface area (Å²) in [6.07, 6.45) is 5.86. The Hall–Kier alpha value is -2.56. The van der Waals surface area contributed by atoms with Gasteiger partial charge in [0.15, 0.2) is 0 Å². The molecule has 1 N–H and O–H groups in total. The quantitative estimate of drug-likeness (QED) is 0.943. The lowest BCUT2D eigenvalue weighted by Gasteiger charge is -2.16. The van der Waals surface area contributed by atoms with Crippen molar-refractivity contribution in [3.63, 3.8) is 0 Å². The molecule has 5 heteroatoms. The SMILES string of the molecule is O=C(NC1CC(=O)N(C2CC2)C1)c1cccc(-c2ccoc2)c1. The number of benzene rings is 1. The highest BCUT2D eigenvalue weighted by atomic mass is 16.3. The Morgan fingerprint density at radius 2 is 2.09 bits per heavy atom. The lowest BCUT2D eigenvalue weighted by Crippen LogP contribution is -2.37. The molecule has 0 spiro atoms. The topological polar surface area (TPSA) is 62.6 Å². The van der Waals surface area contributed by atoms with Crippen LogP contribution in [0, 0.1) is 0 Å². The van der Waals surface area contributed by atoms with Gasteiger partial charge in [-0.1, -0.05) is 12.1 Å². The summed E-state index contributed by atoms with van der Waals surface area (Å²) in [5, 5.41) is 2.99. The highest BCUT2D eigenvalue weighted by Crippen LogP contribution is 2.30. The van der Waals surface area contributed by atoms with Gasteiger partial charge in [0.1, 0.15) is 0 Å². The summed E-state index contributed by atoms with van der Waals surface area (Å²) < 4.78 is 5.09. The standard InChI is InChI=1S/C18H18N2O3/c21-17-9-15(10-20(17)16-4-5-16)19-18(22)13-3-1-2-12(8-13)14-6-7-23-11-14/h1-3,6-8,11,15-16H,4-5,9-10H2,(H,19,22). The van der Waals surface area contributed by atoms with Crippen molar-refractivity contribution < 1.29 is 14.0 Å². The van der Waals surface area contributed by atoms with Gasteiger partial charge in [0.05, 0.1) is 18.6 Å². The van der Waals surface area contributed by atoms with Crippen molar-refractivity contribution in [2.45, 2.75) is 31.3 Å². The van der Waals surface area contributed by atoms with Crippen LogP contribution in [0.2, 0.25) is 0 Å². The van der Waals surface area contributed by atoms with Crippen LogP contribution in [-0.4, -0.2) is 35.3 Å². The number of carbonyl (C=O) groups is 2. The van der Waals surface area contributed by atoms with E-state index in [9.17, 15) is 9.59 Å². The molecule has 0 bridgehead atoms. The zero-order chi connectivity index (χ0) is 15.8. The first kappa shape index (κ1) is 14.1. The van der Waals surface area contributed by atoms with E-state index in [0.29, 0.717) is 24.6 Å². The number of nitrogens with zero attached hydrogens (tertiary/aromatic N) is 1. The fourth-order valence-corrected chi connectivity index (χ4v) is 3.10. The van der Waals surface area contributed by atoms with E-state index in [4.69, 9.17) is 4.42 Å². The van der Waals surface area contributed by atoms with Crippen LogP contribution in [0.15, 0.2) is 47.3 Å². The highest BCUT2D eigenvalue weighted by molar-refractivity contribution is 5.96. The van der Waals surface area contributed by atoms with E-state index in [2.05, 4.69) is 5.32 Å². The van der Waals surface area contributed by atoms with Gasteiger partial charge in [-0.3, -0.25) is 9.59 Å². The molecular weight excluding hydrogens is 292 g/mol. The summed E-state index contributed by atoms with van der Waals surface area (Å²) in [6.45, 7) is 0.636. The lowest BCUT2D eigenvalue weighted by molar-refractivity contribution is -0.128. The normalized spacial score (nSPS) is 20.8. The van der Waals surface area contributed by atoms with Crippen LogP contribution in [0.4, 0.5) is 0 Å². The van der Waals surface area contributed by atoms with E-state index in [1.165, 1.54) is 0 Å². The van der Waals surface area contributed by atoms with Crippen molar-refractivity contribution in [3.05, 3.63) is 48.4 Å². The maximum Gasteiger partial charge on any atom is 0.251 e. The van der Waals surface area contributed by atoms with E-state index in [0.717, 1.165) is 24.0 Å². The minimum Gasteiger partial charge on any atom is -0.472 e. The van der Waals surface area contributed by atoms with Gasteiger partial charge >= 0.3 is 0 Å². The molecule has 4 rings (SSSR count). The lowest BCUT2D eigenvalue weighted by atomic mass is 10.1. The number of hydrogen-bond acceptors (Lipinski definition) is 3. The number of carbonyl (C=O) groups excluding carboxylic acids is 2. The van der Waals surface area contributed by atoms with E-state index in [1.807, 2.05) is 29.2 Å². The molecule has 1 saturated carbocycles. The number of nitrogens with one attached hydrogen (secondary N) is 1. The van der Waals surface area contributed by atoms with Crippen molar-refractivity contribution in [1.29, 1.82) is 0 Å². The van der Waals surface area contributed by atoms with Crippen molar-refractivity contribution >= 4 is 11.8 Å². The van der Waals surface area contributed by atoms with Crippen LogP contribution in [0.25, 0.3) is 11.1 Å². The first-order chi connectivity index (χ1) is 11.2. The molecule has 1 atom stereocenters. The molecule has 2 fully saturated rings. The van der Waals surface area contributed by atoms with Gasteiger partial charge in [0.25, 0.3) is 5.91 Å². The monoisotopic (exact) mass is 310 g/mol. The molecule has 2 aromatic rings. The van der Waals surface area contributed by atoms with Crippen LogP contribution < -0.4 is 5.32 Å². The zero-order valence-electron chi connectivity index (χ0n) is 12.7. The molecule has 1 aliphatic heterocycles. The highest BCUT2D eigenvalue weighted by Gasteiger charge is 2.39. The van der Waals surface area contributed by atoms with E-state index < -0.39 is 0 Å². The molecule has 1 saturated heterocycles. The van der Waals surface area contributed by atoms with Gasteiger partial charge in [0, 0.05) is 30.1 Å². The third-order valence-electron chi connectivity index (χ3n) is 4.46. The van der Waals surface area contributed by atoms with Crippen molar-refractivity contribution in [2.75, 3.05) is 6.54 Å². The van der Waals surface area contributed by atoms with Gasteiger partial charge < -0.3 is 14.6 Å². The Morgan fingerprint density at radius 1 is 1.22 bits per heavy atom. The largest absolute Gasteiger partial charge is 0.472 e. The molecule has 118 valence electrons. The second-order valence-electron chi connectivity index (χ2n) is 6.24. The summed E-state index contributed by atoms with van der Waals surface area (Å²) in [5.41, 5.74) is 2.48. The van der Waals surface area contributed by atoms with Gasteiger partial charge in [0.2, 0.25) is 5.91 Å². The first-order valence-corrected chi connectivity index (χ1v) is 7.93. The summed E-state index contributed by atoms with van der Waals surface area (Å²) >= 11 is 0. The fourth-order valence-electron chi connectivity index (χ4n) is 3.10. The maximum atomic E-state index is 12.5. The summed E-state index contributed by atoms with van der Waals surface area (Å²) in [6, 6.07) is 9.61. The van der Waals surface area contributed by atoms with Crippen molar-refractivity contribution in [2.24, 2.45) is 0 Å². The van der Waals surface area contributed by atoms with E-state index in [1.54, 1.807) is 18.6 Å². The molecule has 1 aromatic heterocycles. The Balaban J connectivity index is 1.45. The predicted molar refractivity (Wildman–Crippen MR) is 84.8 cm³/mol. The van der Waals surface area contributed by atoms with Crippen molar-refractivity contribution in [3.8, 4) is 11.1 Å². The molecular formula is C18H18N2O3. The first-order valence-electron chi connectivity index (χ1n) is 7.93. The summed E-state index contributed by atoms with van der Waals surface area (Å²) in [7, 11) is 0. The minimum absolute atomic E-state index is 0.0896. The van der Waals surface area contributed by atoms with E-state index >= 15 is 0 Å². The molecule has 1 unspecified atom stereocenters. The third kappa shape index (κ3) is 2.86. The number of rotatable bonds is 4. The molecule has 2 heterocycles. The molecule has 23 heavy (non-hydrogen) atoms. The number of amides is 2. The van der Waals surface area contributed by atoms with Gasteiger partial charge in [-0.2, -0.15) is 0 Å². The van der Waals surface area contributed by atoms with Gasteiger partial charge in [-0.05, 0) is 36.6 Å². The molecule has 2 aliphatic rings. The third-order valence-corrected chi connectivity index (χ3v) is 4.46. The average molecular weight is 310 g/mol. The number of hydrogen-bond donors (Lipinski definition) is 1. The molecule has 5 nitrogen and oxygen atoms in total. The fraction of sp³-hybridized carbons (Fsp3) is 0.333. The Morgan fingerprint density at radius 3 is 2.83 bits per heavy atom. The van der Waals surface area contributed by atoms with Crippen LogP contribution >= 0.6 is 0 Å². The van der Waals surface area contributed by atoms with Crippen LogP contribution in [0.1, 0.15) is 29.6 Å². The molecule has 2 amide bonds. The second-order valence-corrected chi connectivity index (χ2v) is 6.24. The molecule has 0 radical (unpaired) electrons. The zero-order valence-corrected chi connectivity index (χ0v) is 12.7. The average Bonchev–Trinajstić information content (AvgIpc) is 3.11. The van der Waals surface area contributed by atoms with Gasteiger partial charge in [-0.25, -0.2) is 0 Å². The van der Waals surface area contributed by atoms with Crippen LogP contribution in [0.5, 0.6) is 0 Å². The predicted octanol–water partition coefficient (Wildman–Crippen LogP) is 2.44. The minimum atomic E-state index is -0.134. The number of likely N-dealkylation sites (tertiary alicyclic amines) is 1. The maximum absolute atomic E-state index is 12.5. The number of furan rings is 1. The van der Waals surface area contributed by atoms with E-state index in [-0.39, 0.29) is 17.9 Å².